The van der Waals surface area contributed by atoms with Crippen LogP contribution in [0.15, 0.2) is 41.3 Å². The first-order chi connectivity index (χ1) is 10.2. The van der Waals surface area contributed by atoms with Gasteiger partial charge in [0.2, 0.25) is 0 Å². The number of phenols is 1. The lowest BCUT2D eigenvalue weighted by molar-refractivity contribution is 0.102. The van der Waals surface area contributed by atoms with E-state index in [9.17, 15) is 14.7 Å². The summed E-state index contributed by atoms with van der Waals surface area (Å²) in [7, 11) is 1.61. The molecule has 5 nitrogen and oxygen atoms in total. The zero-order chi connectivity index (χ0) is 16.5. The molecule has 0 aliphatic carbocycles. The molecule has 0 saturated heterocycles. The van der Waals surface area contributed by atoms with Crippen molar-refractivity contribution >= 4 is 11.6 Å². The Hall–Kier alpha value is -2.56. The number of phenolic OH excluding ortho intramolecular Hbond substituents is 1. The monoisotopic (exact) mass is 300 g/mol. The Morgan fingerprint density at radius 3 is 2.45 bits per heavy atom. The highest BCUT2D eigenvalue weighted by Gasteiger charge is 2.17. The van der Waals surface area contributed by atoms with Gasteiger partial charge in [0.15, 0.2) is 0 Å². The zero-order valence-corrected chi connectivity index (χ0v) is 13.2. The number of carbonyl (C=O) groups excluding carboxylic acids is 1. The van der Waals surface area contributed by atoms with Crippen LogP contribution in [0, 0.1) is 0 Å². The fourth-order valence-corrected chi connectivity index (χ4v) is 1.99. The highest BCUT2D eigenvalue weighted by Crippen LogP contribution is 2.30. The molecule has 0 aliphatic heterocycles. The van der Waals surface area contributed by atoms with Crippen LogP contribution in [-0.4, -0.2) is 15.6 Å². The van der Waals surface area contributed by atoms with Gasteiger partial charge in [0.1, 0.15) is 5.75 Å². The van der Waals surface area contributed by atoms with Crippen LogP contribution >= 0.6 is 0 Å². The number of benzene rings is 1. The van der Waals surface area contributed by atoms with Crippen molar-refractivity contribution in [1.82, 2.24) is 4.57 Å². The third kappa shape index (κ3) is 3.36. The van der Waals surface area contributed by atoms with Crippen LogP contribution in [0.25, 0.3) is 0 Å². The summed E-state index contributed by atoms with van der Waals surface area (Å²) in [6.45, 7) is 6.14. The van der Waals surface area contributed by atoms with E-state index in [0.29, 0.717) is 5.69 Å². The van der Waals surface area contributed by atoms with Crippen LogP contribution < -0.4 is 10.9 Å². The van der Waals surface area contributed by atoms with Gasteiger partial charge < -0.3 is 15.0 Å². The summed E-state index contributed by atoms with van der Waals surface area (Å²) in [4.78, 5) is 23.8. The van der Waals surface area contributed by atoms with Gasteiger partial charge in [0.05, 0.1) is 5.69 Å². The second kappa shape index (κ2) is 5.67. The van der Waals surface area contributed by atoms with Gasteiger partial charge in [-0.25, -0.2) is 0 Å². The average Bonchev–Trinajstić information content (AvgIpc) is 2.43. The van der Waals surface area contributed by atoms with E-state index < -0.39 is 5.91 Å². The lowest BCUT2D eigenvalue weighted by atomic mass is 9.87. The molecule has 2 aromatic rings. The zero-order valence-electron chi connectivity index (χ0n) is 13.2. The standard InChI is InChI=1S/C17H20N2O3/c1-17(2,3)12-5-6-14(20)13(10-12)18-16(22)11-7-8-19(4)15(21)9-11/h5-10,20H,1-4H3,(H,18,22). The van der Waals surface area contributed by atoms with Crippen molar-refractivity contribution in [2.75, 3.05) is 5.32 Å². The van der Waals surface area contributed by atoms with E-state index in [1.54, 1.807) is 25.2 Å². The van der Waals surface area contributed by atoms with E-state index in [1.165, 1.54) is 16.8 Å². The Morgan fingerprint density at radius 1 is 1.18 bits per heavy atom. The summed E-state index contributed by atoms with van der Waals surface area (Å²) in [6, 6.07) is 7.94. The van der Waals surface area contributed by atoms with Crippen LogP contribution in [0.5, 0.6) is 5.75 Å². The number of amides is 1. The summed E-state index contributed by atoms with van der Waals surface area (Å²) in [5.41, 5.74) is 1.21. The van der Waals surface area contributed by atoms with Crippen molar-refractivity contribution in [2.45, 2.75) is 26.2 Å². The number of anilines is 1. The number of rotatable bonds is 2. The third-order valence-corrected chi connectivity index (χ3v) is 3.48. The minimum Gasteiger partial charge on any atom is -0.506 e. The molecule has 0 aliphatic rings. The molecular weight excluding hydrogens is 280 g/mol. The summed E-state index contributed by atoms with van der Waals surface area (Å²) >= 11 is 0. The van der Waals surface area contributed by atoms with Crippen LogP contribution in [0.2, 0.25) is 0 Å². The van der Waals surface area contributed by atoms with E-state index in [-0.39, 0.29) is 22.3 Å². The molecule has 22 heavy (non-hydrogen) atoms. The Balaban J connectivity index is 2.31. The van der Waals surface area contributed by atoms with Crippen LogP contribution in [0.4, 0.5) is 5.69 Å². The maximum Gasteiger partial charge on any atom is 0.256 e. The van der Waals surface area contributed by atoms with E-state index >= 15 is 0 Å². The number of nitrogens with zero attached hydrogens (tertiary/aromatic N) is 1. The van der Waals surface area contributed by atoms with Crippen molar-refractivity contribution in [1.29, 1.82) is 0 Å². The van der Waals surface area contributed by atoms with Crippen molar-refractivity contribution < 1.29 is 9.90 Å². The maximum atomic E-state index is 12.2. The topological polar surface area (TPSA) is 71.3 Å². The lowest BCUT2D eigenvalue weighted by Crippen LogP contribution is -2.20. The van der Waals surface area contributed by atoms with Gasteiger partial charge in [0.25, 0.3) is 11.5 Å². The predicted molar refractivity (Wildman–Crippen MR) is 86.4 cm³/mol. The Kier molecular flexibility index (Phi) is 4.08. The van der Waals surface area contributed by atoms with Gasteiger partial charge in [-0.2, -0.15) is 0 Å². The first-order valence-electron chi connectivity index (χ1n) is 7.00. The van der Waals surface area contributed by atoms with Gasteiger partial charge in [-0.1, -0.05) is 26.8 Å². The highest BCUT2D eigenvalue weighted by molar-refractivity contribution is 6.04. The summed E-state index contributed by atoms with van der Waals surface area (Å²) in [5, 5.41) is 12.6. The van der Waals surface area contributed by atoms with Gasteiger partial charge in [-0.3, -0.25) is 9.59 Å². The van der Waals surface area contributed by atoms with Crippen LogP contribution in [0.3, 0.4) is 0 Å². The van der Waals surface area contributed by atoms with Crippen molar-refractivity contribution in [3.63, 3.8) is 0 Å². The van der Waals surface area contributed by atoms with Crippen LogP contribution in [-0.2, 0) is 12.5 Å². The molecule has 1 aromatic carbocycles. The van der Waals surface area contributed by atoms with Gasteiger partial charge >= 0.3 is 0 Å². The SMILES string of the molecule is Cn1ccc(C(=O)Nc2cc(C(C)(C)C)ccc2O)cc1=O. The highest BCUT2D eigenvalue weighted by atomic mass is 16.3. The van der Waals surface area contributed by atoms with E-state index in [2.05, 4.69) is 5.32 Å². The molecule has 0 spiro atoms. The number of aromatic hydroxyl groups is 1. The number of nitrogens with one attached hydrogen (secondary N) is 1. The molecule has 1 aromatic heterocycles. The fraction of sp³-hybridized carbons (Fsp3) is 0.294. The minimum absolute atomic E-state index is 0.00909. The van der Waals surface area contributed by atoms with Crippen molar-refractivity contribution in [3.8, 4) is 5.75 Å². The molecule has 0 saturated carbocycles. The molecule has 0 bridgehead atoms. The quantitative estimate of drug-likeness (QED) is 0.838. The fourth-order valence-electron chi connectivity index (χ4n) is 1.99. The molecule has 0 fully saturated rings. The second-order valence-electron chi connectivity index (χ2n) is 6.30. The minimum atomic E-state index is -0.431. The molecule has 5 heteroatoms. The lowest BCUT2D eigenvalue weighted by Gasteiger charge is -2.20. The smallest absolute Gasteiger partial charge is 0.256 e. The number of hydrogen-bond acceptors (Lipinski definition) is 3. The van der Waals surface area contributed by atoms with Crippen LogP contribution in [0.1, 0.15) is 36.7 Å². The van der Waals surface area contributed by atoms with E-state index in [0.717, 1.165) is 5.56 Å². The third-order valence-electron chi connectivity index (χ3n) is 3.48. The summed E-state index contributed by atoms with van der Waals surface area (Å²) in [5.74, 6) is -0.441. The molecule has 0 atom stereocenters. The molecule has 1 heterocycles. The Labute approximate surface area is 129 Å². The normalized spacial score (nSPS) is 11.3. The Morgan fingerprint density at radius 2 is 1.86 bits per heavy atom. The first-order valence-corrected chi connectivity index (χ1v) is 7.00. The van der Waals surface area contributed by atoms with E-state index in [1.807, 2.05) is 26.8 Å². The summed E-state index contributed by atoms with van der Waals surface area (Å²) in [6.07, 6.45) is 1.53. The number of carbonyl (C=O) groups is 1. The van der Waals surface area contributed by atoms with Crippen molar-refractivity contribution in [3.05, 3.63) is 58.0 Å². The molecule has 2 rings (SSSR count). The number of aryl methyl sites for hydroxylation is 1. The number of pyridine rings is 1. The molecular formula is C17H20N2O3. The predicted octanol–water partition coefficient (Wildman–Crippen LogP) is 2.64. The number of hydrogen-bond donors (Lipinski definition) is 2. The number of aromatic nitrogens is 1. The maximum absolute atomic E-state index is 12.2. The van der Waals surface area contributed by atoms with Crippen molar-refractivity contribution in [2.24, 2.45) is 7.05 Å². The summed E-state index contributed by atoms with van der Waals surface area (Å²) < 4.78 is 1.38. The second-order valence-corrected chi connectivity index (χ2v) is 6.30. The molecule has 0 unspecified atom stereocenters. The van der Waals surface area contributed by atoms with Gasteiger partial charge in [0, 0.05) is 24.9 Å². The molecule has 116 valence electrons. The van der Waals surface area contributed by atoms with E-state index in [4.69, 9.17) is 0 Å². The Bertz CT molecular complexity index is 770. The van der Waals surface area contributed by atoms with Gasteiger partial charge in [-0.15, -0.1) is 0 Å². The molecule has 1 amide bonds. The largest absolute Gasteiger partial charge is 0.506 e. The average molecular weight is 300 g/mol. The molecule has 0 radical (unpaired) electrons. The first kappa shape index (κ1) is 15.8. The molecule has 2 N–H and O–H groups in total. The van der Waals surface area contributed by atoms with Gasteiger partial charge in [-0.05, 0) is 29.2 Å².